The Kier molecular flexibility index (Phi) is 5.06. The lowest BCUT2D eigenvalue weighted by Gasteiger charge is -2.22. The van der Waals surface area contributed by atoms with Gasteiger partial charge in [0, 0.05) is 32.2 Å². The van der Waals surface area contributed by atoms with Crippen molar-refractivity contribution in [2.45, 2.75) is 6.42 Å². The van der Waals surface area contributed by atoms with Gasteiger partial charge in [-0.25, -0.2) is 0 Å². The number of anilines is 1. The third kappa shape index (κ3) is 3.47. The highest BCUT2D eigenvalue weighted by molar-refractivity contribution is 5.97. The summed E-state index contributed by atoms with van der Waals surface area (Å²) < 4.78 is 16.5. The van der Waals surface area contributed by atoms with E-state index in [2.05, 4.69) is 9.88 Å². The number of para-hydroxylation sites is 2. The molecule has 0 unspecified atom stereocenters. The van der Waals surface area contributed by atoms with Crippen LogP contribution in [-0.2, 0) is 0 Å². The van der Waals surface area contributed by atoms with Crippen molar-refractivity contribution >= 4 is 23.0 Å². The molecular formula is C21H23N3O4. The van der Waals surface area contributed by atoms with Crippen LogP contribution in [0.15, 0.2) is 46.9 Å². The number of amides is 1. The first-order chi connectivity index (χ1) is 13.7. The van der Waals surface area contributed by atoms with Crippen LogP contribution in [0.5, 0.6) is 11.5 Å². The number of methoxy groups -OCH3 is 2. The Labute approximate surface area is 163 Å². The lowest BCUT2D eigenvalue weighted by atomic mass is 10.1. The van der Waals surface area contributed by atoms with Gasteiger partial charge in [-0.05, 0) is 30.7 Å². The molecule has 4 rings (SSSR count). The molecule has 28 heavy (non-hydrogen) atoms. The molecule has 1 fully saturated rings. The summed E-state index contributed by atoms with van der Waals surface area (Å²) in [6, 6.07) is 13.6. The van der Waals surface area contributed by atoms with Crippen LogP contribution in [0.2, 0.25) is 0 Å². The van der Waals surface area contributed by atoms with Crippen LogP contribution in [0.25, 0.3) is 11.1 Å². The van der Waals surface area contributed by atoms with Gasteiger partial charge < -0.3 is 23.7 Å². The quantitative estimate of drug-likeness (QED) is 0.691. The highest BCUT2D eigenvalue weighted by Crippen LogP contribution is 2.27. The molecule has 0 radical (unpaired) electrons. The number of carbonyl (C=O) groups excluding carboxylic acids is 1. The Morgan fingerprint density at radius 3 is 2.68 bits per heavy atom. The fourth-order valence-corrected chi connectivity index (χ4v) is 3.45. The standard InChI is InChI=1S/C21H23N3O4/c1-26-15-8-9-16(19(14-15)27-2)20(25)23-10-5-11-24(13-12-23)21-22-17-6-3-4-7-18(17)28-21/h3-4,6-9,14H,5,10-13H2,1-2H3. The fourth-order valence-electron chi connectivity index (χ4n) is 3.45. The highest BCUT2D eigenvalue weighted by Gasteiger charge is 2.24. The van der Waals surface area contributed by atoms with Gasteiger partial charge in [-0.3, -0.25) is 4.79 Å². The number of benzene rings is 2. The number of hydrogen-bond acceptors (Lipinski definition) is 6. The normalized spacial score (nSPS) is 14.8. The summed E-state index contributed by atoms with van der Waals surface area (Å²) in [4.78, 5) is 21.6. The second-order valence-electron chi connectivity index (χ2n) is 6.66. The monoisotopic (exact) mass is 381 g/mol. The number of carbonyl (C=O) groups is 1. The molecule has 1 aliphatic rings. The van der Waals surface area contributed by atoms with E-state index in [4.69, 9.17) is 13.9 Å². The van der Waals surface area contributed by atoms with Crippen LogP contribution in [0.1, 0.15) is 16.8 Å². The Bertz CT molecular complexity index is 952. The molecule has 0 bridgehead atoms. The van der Waals surface area contributed by atoms with E-state index < -0.39 is 0 Å². The summed E-state index contributed by atoms with van der Waals surface area (Å²) in [6.45, 7) is 2.71. The van der Waals surface area contributed by atoms with Gasteiger partial charge >= 0.3 is 0 Å². The fraction of sp³-hybridized carbons (Fsp3) is 0.333. The molecular weight excluding hydrogens is 358 g/mol. The molecule has 1 aliphatic heterocycles. The average Bonchev–Trinajstić information content (AvgIpc) is 3.02. The Morgan fingerprint density at radius 1 is 1.04 bits per heavy atom. The van der Waals surface area contributed by atoms with E-state index in [0.29, 0.717) is 42.7 Å². The number of ether oxygens (including phenoxy) is 2. The third-order valence-corrected chi connectivity index (χ3v) is 4.98. The molecule has 1 saturated heterocycles. The maximum absolute atomic E-state index is 13.1. The largest absolute Gasteiger partial charge is 0.497 e. The van der Waals surface area contributed by atoms with Crippen LogP contribution in [0.3, 0.4) is 0 Å². The van der Waals surface area contributed by atoms with Gasteiger partial charge in [0.1, 0.15) is 17.0 Å². The van der Waals surface area contributed by atoms with Crippen molar-refractivity contribution < 1.29 is 18.7 Å². The summed E-state index contributed by atoms with van der Waals surface area (Å²) in [5.74, 6) is 1.13. The zero-order valence-corrected chi connectivity index (χ0v) is 16.1. The van der Waals surface area contributed by atoms with Gasteiger partial charge in [0.25, 0.3) is 11.9 Å². The number of aromatic nitrogens is 1. The average molecular weight is 381 g/mol. The zero-order chi connectivity index (χ0) is 19.5. The van der Waals surface area contributed by atoms with E-state index in [9.17, 15) is 4.79 Å². The van der Waals surface area contributed by atoms with Crippen LogP contribution in [0, 0.1) is 0 Å². The first-order valence-corrected chi connectivity index (χ1v) is 9.31. The maximum Gasteiger partial charge on any atom is 0.298 e. The van der Waals surface area contributed by atoms with E-state index in [1.165, 1.54) is 0 Å². The van der Waals surface area contributed by atoms with Crippen LogP contribution < -0.4 is 14.4 Å². The van der Waals surface area contributed by atoms with Crippen molar-refractivity contribution in [3.8, 4) is 11.5 Å². The molecule has 146 valence electrons. The maximum atomic E-state index is 13.1. The lowest BCUT2D eigenvalue weighted by molar-refractivity contribution is 0.0763. The lowest BCUT2D eigenvalue weighted by Crippen LogP contribution is -2.35. The molecule has 1 aromatic heterocycles. The minimum absolute atomic E-state index is 0.0427. The summed E-state index contributed by atoms with van der Waals surface area (Å²) in [6.07, 6.45) is 0.836. The first kappa shape index (κ1) is 18.2. The van der Waals surface area contributed by atoms with Gasteiger partial charge in [-0.2, -0.15) is 4.98 Å². The summed E-state index contributed by atoms with van der Waals surface area (Å²) in [5.41, 5.74) is 2.16. The molecule has 0 aliphatic carbocycles. The van der Waals surface area contributed by atoms with Crippen molar-refractivity contribution in [1.29, 1.82) is 0 Å². The van der Waals surface area contributed by atoms with Crippen LogP contribution >= 0.6 is 0 Å². The summed E-state index contributed by atoms with van der Waals surface area (Å²) in [5, 5.41) is 0. The topological polar surface area (TPSA) is 68.0 Å². The smallest absolute Gasteiger partial charge is 0.298 e. The SMILES string of the molecule is COc1ccc(C(=O)N2CCCN(c3nc4ccccc4o3)CC2)c(OC)c1. The molecule has 0 N–H and O–H groups in total. The van der Waals surface area contributed by atoms with E-state index >= 15 is 0 Å². The third-order valence-electron chi connectivity index (χ3n) is 4.98. The predicted octanol–water partition coefficient (Wildman–Crippen LogP) is 3.20. The number of rotatable bonds is 4. The molecule has 1 amide bonds. The molecule has 0 saturated carbocycles. The number of oxazole rings is 1. The predicted molar refractivity (Wildman–Crippen MR) is 106 cm³/mol. The minimum atomic E-state index is -0.0427. The van der Waals surface area contributed by atoms with Crippen LogP contribution in [0.4, 0.5) is 6.01 Å². The van der Waals surface area contributed by atoms with E-state index in [0.717, 1.165) is 24.1 Å². The molecule has 2 heterocycles. The second-order valence-corrected chi connectivity index (χ2v) is 6.66. The summed E-state index contributed by atoms with van der Waals surface area (Å²) >= 11 is 0. The highest BCUT2D eigenvalue weighted by atomic mass is 16.5. The van der Waals surface area contributed by atoms with Gasteiger partial charge in [0.2, 0.25) is 0 Å². The second kappa shape index (κ2) is 7.80. The Balaban J connectivity index is 1.50. The van der Waals surface area contributed by atoms with E-state index in [-0.39, 0.29) is 5.91 Å². The minimum Gasteiger partial charge on any atom is -0.497 e. The van der Waals surface area contributed by atoms with Gasteiger partial charge in [-0.15, -0.1) is 0 Å². The van der Waals surface area contributed by atoms with Crippen molar-refractivity contribution in [1.82, 2.24) is 9.88 Å². The van der Waals surface area contributed by atoms with E-state index in [1.807, 2.05) is 29.2 Å². The number of nitrogens with zero attached hydrogens (tertiary/aromatic N) is 3. The van der Waals surface area contributed by atoms with Gasteiger partial charge in [0.15, 0.2) is 5.58 Å². The van der Waals surface area contributed by atoms with Crippen molar-refractivity contribution in [2.75, 3.05) is 45.3 Å². The van der Waals surface area contributed by atoms with Crippen molar-refractivity contribution in [2.24, 2.45) is 0 Å². The first-order valence-electron chi connectivity index (χ1n) is 9.31. The summed E-state index contributed by atoms with van der Waals surface area (Å²) in [7, 11) is 3.15. The van der Waals surface area contributed by atoms with Gasteiger partial charge in [0.05, 0.1) is 19.8 Å². The Morgan fingerprint density at radius 2 is 1.89 bits per heavy atom. The molecule has 3 aromatic rings. The molecule has 2 aromatic carbocycles. The number of fused-ring (bicyclic) bond motifs is 1. The van der Waals surface area contributed by atoms with E-state index in [1.54, 1.807) is 32.4 Å². The number of hydrogen-bond donors (Lipinski definition) is 0. The molecule has 7 nitrogen and oxygen atoms in total. The molecule has 0 spiro atoms. The zero-order valence-electron chi connectivity index (χ0n) is 16.1. The molecule has 7 heteroatoms. The van der Waals surface area contributed by atoms with Crippen molar-refractivity contribution in [3.63, 3.8) is 0 Å². The van der Waals surface area contributed by atoms with Gasteiger partial charge in [-0.1, -0.05) is 12.1 Å². The Hall–Kier alpha value is -3.22. The van der Waals surface area contributed by atoms with Crippen LogP contribution in [-0.4, -0.2) is 56.2 Å². The van der Waals surface area contributed by atoms with Crippen molar-refractivity contribution in [3.05, 3.63) is 48.0 Å². The molecule has 0 atom stereocenters.